The van der Waals surface area contributed by atoms with E-state index >= 15 is 0 Å². The van der Waals surface area contributed by atoms with Crippen molar-refractivity contribution in [3.05, 3.63) is 27.7 Å². The summed E-state index contributed by atoms with van der Waals surface area (Å²) in [5.74, 6) is 0. The maximum Gasteiger partial charge on any atom is 0.242 e. The van der Waals surface area contributed by atoms with Gasteiger partial charge in [-0.15, -0.1) is 0 Å². The van der Waals surface area contributed by atoms with E-state index in [0.29, 0.717) is 17.1 Å². The molecule has 5 nitrogen and oxygen atoms in total. The monoisotopic (exact) mass is 354 g/mol. The Balaban J connectivity index is 3.03. The Bertz CT molecular complexity index is 577. The maximum atomic E-state index is 12.2. The minimum Gasteiger partial charge on any atom is -0.383 e. The fraction of sp³-hybridized carbons (Fsp3) is 0.538. The first-order valence-corrected chi connectivity index (χ1v) is 8.71. The summed E-state index contributed by atoms with van der Waals surface area (Å²) in [7, 11) is -2.19. The van der Waals surface area contributed by atoms with E-state index in [0.717, 1.165) is 0 Å². The Labute approximate surface area is 136 Å². The van der Waals surface area contributed by atoms with Crippen LogP contribution in [-0.4, -0.2) is 34.7 Å². The number of hydrogen-bond acceptors (Lipinski definition) is 4. The zero-order chi connectivity index (χ0) is 16.0. The molecule has 21 heavy (non-hydrogen) atoms. The van der Waals surface area contributed by atoms with Gasteiger partial charge in [-0.3, -0.25) is 0 Å². The van der Waals surface area contributed by atoms with Crippen molar-refractivity contribution in [2.24, 2.45) is 0 Å². The predicted molar refractivity (Wildman–Crippen MR) is 85.5 cm³/mol. The summed E-state index contributed by atoms with van der Waals surface area (Å²) in [6.07, 6.45) is 0. The van der Waals surface area contributed by atoms with E-state index in [1.165, 1.54) is 19.2 Å². The smallest absolute Gasteiger partial charge is 0.242 e. The molecule has 8 heteroatoms. The molecule has 0 atom stereocenters. The highest BCUT2D eigenvalue weighted by molar-refractivity contribution is 7.89. The maximum absolute atomic E-state index is 12.2. The molecule has 0 aromatic heterocycles. The molecule has 120 valence electrons. The number of halogens is 2. The van der Waals surface area contributed by atoms with Gasteiger partial charge in [0.15, 0.2) is 0 Å². The number of benzene rings is 1. The topological polar surface area (TPSA) is 67.4 Å². The average Bonchev–Trinajstić information content (AvgIpc) is 2.37. The molecule has 0 saturated carbocycles. The van der Waals surface area contributed by atoms with Gasteiger partial charge in [0.2, 0.25) is 10.0 Å². The highest BCUT2D eigenvalue weighted by Gasteiger charge is 2.19. The summed E-state index contributed by atoms with van der Waals surface area (Å²) >= 11 is 12.1. The first-order valence-electron chi connectivity index (χ1n) is 6.48. The predicted octanol–water partition coefficient (Wildman–Crippen LogP) is 2.42. The number of sulfonamides is 1. The third kappa shape index (κ3) is 5.73. The Hall–Kier alpha value is -0.370. The van der Waals surface area contributed by atoms with Crippen molar-refractivity contribution in [2.75, 3.05) is 20.3 Å². The second-order valence-electron chi connectivity index (χ2n) is 4.80. The van der Waals surface area contributed by atoms with E-state index < -0.39 is 10.0 Å². The second-order valence-corrected chi connectivity index (χ2v) is 7.35. The van der Waals surface area contributed by atoms with Crippen molar-refractivity contribution in [3.63, 3.8) is 0 Å². The Kier molecular flexibility index (Phi) is 7.39. The highest BCUT2D eigenvalue weighted by atomic mass is 35.5. The fourth-order valence-electron chi connectivity index (χ4n) is 1.58. The third-order valence-electron chi connectivity index (χ3n) is 2.69. The van der Waals surface area contributed by atoms with Crippen LogP contribution in [-0.2, 0) is 21.3 Å². The van der Waals surface area contributed by atoms with Gasteiger partial charge in [-0.2, -0.15) is 0 Å². The minimum absolute atomic E-state index is 0.0187. The van der Waals surface area contributed by atoms with Crippen LogP contribution >= 0.6 is 23.2 Å². The van der Waals surface area contributed by atoms with Crippen molar-refractivity contribution in [3.8, 4) is 0 Å². The molecule has 0 bridgehead atoms. The lowest BCUT2D eigenvalue weighted by Gasteiger charge is -2.13. The fourth-order valence-corrected chi connectivity index (χ4v) is 3.46. The molecule has 0 radical (unpaired) electrons. The van der Waals surface area contributed by atoms with Crippen molar-refractivity contribution in [1.29, 1.82) is 0 Å². The third-order valence-corrected chi connectivity index (χ3v) is 4.97. The van der Waals surface area contributed by atoms with E-state index in [-0.39, 0.29) is 29.1 Å². The zero-order valence-corrected chi connectivity index (χ0v) is 14.6. The molecule has 0 aliphatic heterocycles. The molecular weight excluding hydrogens is 335 g/mol. The van der Waals surface area contributed by atoms with Crippen molar-refractivity contribution < 1.29 is 13.2 Å². The number of rotatable bonds is 8. The molecule has 1 aromatic carbocycles. The molecule has 1 rings (SSSR count). The van der Waals surface area contributed by atoms with Crippen LogP contribution in [0.3, 0.4) is 0 Å². The summed E-state index contributed by atoms with van der Waals surface area (Å²) < 4.78 is 31.7. The van der Waals surface area contributed by atoms with Crippen LogP contribution < -0.4 is 10.0 Å². The molecule has 0 amide bonds. The summed E-state index contributed by atoms with van der Waals surface area (Å²) in [5, 5.41) is 3.72. The van der Waals surface area contributed by atoms with Crippen LogP contribution in [0.5, 0.6) is 0 Å². The molecule has 0 saturated heterocycles. The molecule has 0 heterocycles. The van der Waals surface area contributed by atoms with Crippen molar-refractivity contribution >= 4 is 33.2 Å². The van der Waals surface area contributed by atoms with Gasteiger partial charge in [0.25, 0.3) is 0 Å². The molecule has 0 aliphatic rings. The van der Waals surface area contributed by atoms with Gasteiger partial charge in [-0.25, -0.2) is 13.1 Å². The van der Waals surface area contributed by atoms with E-state index in [4.69, 9.17) is 27.9 Å². The van der Waals surface area contributed by atoms with Gasteiger partial charge in [-0.05, 0) is 17.7 Å². The van der Waals surface area contributed by atoms with Gasteiger partial charge in [0.1, 0.15) is 4.90 Å². The molecule has 0 fully saturated rings. The van der Waals surface area contributed by atoms with Crippen LogP contribution in [0, 0.1) is 0 Å². The molecule has 0 aliphatic carbocycles. The summed E-state index contributed by atoms with van der Waals surface area (Å²) in [6.45, 7) is 4.92. The number of methoxy groups -OCH3 is 1. The summed E-state index contributed by atoms with van der Waals surface area (Å²) in [5.41, 5.74) is 0.682. The Morgan fingerprint density at radius 1 is 1.24 bits per heavy atom. The lowest BCUT2D eigenvalue weighted by Crippen LogP contribution is -2.28. The molecule has 0 unspecified atom stereocenters. The van der Waals surface area contributed by atoms with Crippen LogP contribution in [0.1, 0.15) is 19.4 Å². The average molecular weight is 355 g/mol. The number of ether oxygens (including phenoxy) is 1. The molecular formula is C13H20Cl2N2O3S. The largest absolute Gasteiger partial charge is 0.383 e. The van der Waals surface area contributed by atoms with Gasteiger partial charge in [0, 0.05) is 31.3 Å². The van der Waals surface area contributed by atoms with Gasteiger partial charge in [0.05, 0.1) is 11.6 Å². The van der Waals surface area contributed by atoms with E-state index in [1.807, 2.05) is 13.8 Å². The Morgan fingerprint density at radius 2 is 1.90 bits per heavy atom. The lowest BCUT2D eigenvalue weighted by atomic mass is 10.2. The quantitative estimate of drug-likeness (QED) is 0.703. The van der Waals surface area contributed by atoms with Crippen LogP contribution in [0.4, 0.5) is 0 Å². The van der Waals surface area contributed by atoms with Crippen molar-refractivity contribution in [1.82, 2.24) is 10.0 Å². The first kappa shape index (κ1) is 18.7. The molecule has 2 N–H and O–H groups in total. The SMILES string of the molecule is COCCNS(=O)(=O)c1cc(CNC(C)C)c(Cl)cc1Cl. The molecule has 1 aromatic rings. The lowest BCUT2D eigenvalue weighted by molar-refractivity contribution is 0.204. The minimum atomic E-state index is -3.69. The van der Waals surface area contributed by atoms with Crippen molar-refractivity contribution in [2.45, 2.75) is 31.3 Å². The molecule has 0 spiro atoms. The van der Waals surface area contributed by atoms with Crippen LogP contribution in [0.2, 0.25) is 10.0 Å². The Morgan fingerprint density at radius 3 is 2.48 bits per heavy atom. The zero-order valence-electron chi connectivity index (χ0n) is 12.2. The normalized spacial score (nSPS) is 12.1. The van der Waals surface area contributed by atoms with E-state index in [1.54, 1.807) is 0 Å². The van der Waals surface area contributed by atoms with Crippen LogP contribution in [0.25, 0.3) is 0 Å². The summed E-state index contributed by atoms with van der Waals surface area (Å²) in [6, 6.07) is 3.21. The standard InChI is InChI=1S/C13H20Cl2N2O3S/c1-9(2)16-8-10-6-13(12(15)7-11(10)14)21(18,19)17-4-5-20-3/h6-7,9,16-17H,4-5,8H2,1-3H3. The highest BCUT2D eigenvalue weighted by Crippen LogP contribution is 2.28. The van der Waals surface area contributed by atoms with Crippen LogP contribution in [0.15, 0.2) is 17.0 Å². The van der Waals surface area contributed by atoms with E-state index in [2.05, 4.69) is 10.0 Å². The number of hydrogen-bond donors (Lipinski definition) is 2. The van der Waals surface area contributed by atoms with Gasteiger partial charge >= 0.3 is 0 Å². The first-order chi connectivity index (χ1) is 9.77. The summed E-state index contributed by atoms with van der Waals surface area (Å²) in [4.78, 5) is 0.0187. The van der Waals surface area contributed by atoms with E-state index in [9.17, 15) is 8.42 Å². The van der Waals surface area contributed by atoms with Gasteiger partial charge < -0.3 is 10.1 Å². The number of nitrogens with one attached hydrogen (secondary N) is 2. The van der Waals surface area contributed by atoms with Gasteiger partial charge in [-0.1, -0.05) is 37.0 Å². The second kappa shape index (κ2) is 8.31.